The fraction of sp³-hybridized carbons (Fsp3) is 0.864. The number of hydrogen-bond acceptors (Lipinski definition) is 5. The quantitative estimate of drug-likeness (QED) is 0.403. The van der Waals surface area contributed by atoms with Gasteiger partial charge in [0, 0.05) is 6.54 Å². The summed E-state index contributed by atoms with van der Waals surface area (Å²) in [4.78, 5) is 36.8. The van der Waals surface area contributed by atoms with Crippen LogP contribution in [0.4, 0.5) is 4.79 Å². The van der Waals surface area contributed by atoms with Crippen molar-refractivity contribution in [3.05, 3.63) is 0 Å². The topological polar surface area (TPSA) is 117 Å². The van der Waals surface area contributed by atoms with Crippen molar-refractivity contribution in [2.24, 2.45) is 11.8 Å². The molecule has 0 aliphatic heterocycles. The third-order valence-corrected chi connectivity index (χ3v) is 4.46. The summed E-state index contributed by atoms with van der Waals surface area (Å²) in [5.74, 6) is -0.0914. The lowest BCUT2D eigenvalue weighted by molar-refractivity contribution is -0.132. The molecule has 0 aromatic heterocycles. The number of alkyl carbamates (subject to hydrolysis) is 1. The van der Waals surface area contributed by atoms with Gasteiger partial charge < -0.3 is 25.8 Å². The second-order valence-electron chi connectivity index (χ2n) is 10.1. The van der Waals surface area contributed by atoms with E-state index in [-0.39, 0.29) is 18.2 Å². The first kappa shape index (κ1) is 28.2. The molecule has 30 heavy (non-hydrogen) atoms. The van der Waals surface area contributed by atoms with E-state index in [0.29, 0.717) is 18.9 Å². The van der Waals surface area contributed by atoms with Crippen LogP contribution in [0.3, 0.4) is 0 Å². The van der Waals surface area contributed by atoms with Gasteiger partial charge in [-0.1, -0.05) is 27.7 Å². The van der Waals surface area contributed by atoms with Crippen LogP contribution in [0.1, 0.15) is 81.6 Å². The third kappa shape index (κ3) is 12.7. The molecular weight excluding hydrogens is 386 g/mol. The summed E-state index contributed by atoms with van der Waals surface area (Å²) in [6.45, 7) is 17.0. The van der Waals surface area contributed by atoms with Crippen LogP contribution >= 0.6 is 0 Å². The van der Waals surface area contributed by atoms with Crippen molar-refractivity contribution in [2.45, 2.75) is 105 Å². The van der Waals surface area contributed by atoms with Crippen molar-refractivity contribution >= 4 is 17.9 Å². The highest BCUT2D eigenvalue weighted by Crippen LogP contribution is 2.22. The van der Waals surface area contributed by atoms with Crippen molar-refractivity contribution in [1.82, 2.24) is 16.0 Å². The lowest BCUT2D eigenvalue weighted by atomic mass is 9.86. The van der Waals surface area contributed by atoms with Crippen molar-refractivity contribution in [3.63, 3.8) is 0 Å². The second kappa shape index (κ2) is 12.1. The largest absolute Gasteiger partial charge is 0.444 e. The molecule has 0 aliphatic carbocycles. The zero-order valence-corrected chi connectivity index (χ0v) is 20.2. The van der Waals surface area contributed by atoms with Crippen LogP contribution in [-0.4, -0.2) is 52.8 Å². The Hall–Kier alpha value is -1.83. The molecule has 0 aliphatic rings. The van der Waals surface area contributed by atoms with Crippen LogP contribution in [0.2, 0.25) is 0 Å². The molecule has 0 saturated heterocycles. The van der Waals surface area contributed by atoms with Gasteiger partial charge in [-0.3, -0.25) is 9.59 Å². The molecule has 176 valence electrons. The van der Waals surface area contributed by atoms with Gasteiger partial charge in [0.25, 0.3) is 0 Å². The van der Waals surface area contributed by atoms with E-state index in [2.05, 4.69) is 29.8 Å². The van der Waals surface area contributed by atoms with Gasteiger partial charge in [0.2, 0.25) is 11.8 Å². The summed E-state index contributed by atoms with van der Waals surface area (Å²) in [5, 5.41) is 19.1. The highest BCUT2D eigenvalue weighted by Gasteiger charge is 2.37. The first-order chi connectivity index (χ1) is 13.5. The molecule has 0 fully saturated rings. The Labute approximate surface area is 181 Å². The fourth-order valence-corrected chi connectivity index (χ4v) is 2.83. The van der Waals surface area contributed by atoms with E-state index in [1.54, 1.807) is 27.7 Å². The Morgan fingerprint density at radius 2 is 1.50 bits per heavy atom. The van der Waals surface area contributed by atoms with E-state index in [9.17, 15) is 19.5 Å². The number of carbonyl (C=O) groups is 3. The Kier molecular flexibility index (Phi) is 11.4. The smallest absolute Gasteiger partial charge is 0.407 e. The van der Waals surface area contributed by atoms with E-state index in [1.807, 2.05) is 13.8 Å². The van der Waals surface area contributed by atoms with Gasteiger partial charge in [-0.15, -0.1) is 0 Å². The van der Waals surface area contributed by atoms with Gasteiger partial charge >= 0.3 is 6.09 Å². The lowest BCUT2D eigenvalue weighted by Gasteiger charge is -2.35. The highest BCUT2D eigenvalue weighted by molar-refractivity contribution is 5.87. The van der Waals surface area contributed by atoms with Crippen LogP contribution in [0.5, 0.6) is 0 Å². The number of rotatable bonds is 11. The number of carbonyl (C=O) groups excluding carboxylic acids is 3. The van der Waals surface area contributed by atoms with Gasteiger partial charge in [-0.2, -0.15) is 0 Å². The van der Waals surface area contributed by atoms with Crippen molar-refractivity contribution in [2.75, 3.05) is 6.54 Å². The minimum atomic E-state index is -1.51. The zero-order valence-electron chi connectivity index (χ0n) is 20.2. The molecule has 0 rings (SSSR count). The standard InChI is InChI=1S/C22H43N3O5/c1-14(2)10-11-23-19(27)16(5)24-18(26)13-22(9,29)17(12-15(3)4)25-20(28)30-21(6,7)8/h14-17,29H,10-13H2,1-9H3,(H,23,27)(H,24,26)(H,25,28)/t16-,17-,22+/m0/s1. The lowest BCUT2D eigenvalue weighted by Crippen LogP contribution is -2.55. The average molecular weight is 430 g/mol. The monoisotopic (exact) mass is 429 g/mol. The second-order valence-corrected chi connectivity index (χ2v) is 10.1. The van der Waals surface area contributed by atoms with Gasteiger partial charge in [-0.05, 0) is 59.3 Å². The van der Waals surface area contributed by atoms with Crippen molar-refractivity contribution < 1.29 is 24.2 Å². The van der Waals surface area contributed by atoms with E-state index < -0.39 is 35.3 Å². The number of aliphatic hydroxyl groups is 1. The molecule has 0 aromatic carbocycles. The minimum Gasteiger partial charge on any atom is -0.444 e. The maximum atomic E-state index is 12.5. The van der Waals surface area contributed by atoms with Gasteiger partial charge in [0.05, 0.1) is 18.1 Å². The van der Waals surface area contributed by atoms with Crippen molar-refractivity contribution in [3.8, 4) is 0 Å². The molecule has 3 atom stereocenters. The summed E-state index contributed by atoms with van der Waals surface area (Å²) in [5.41, 5.74) is -2.19. The highest BCUT2D eigenvalue weighted by atomic mass is 16.6. The Balaban J connectivity index is 4.93. The first-order valence-corrected chi connectivity index (χ1v) is 10.8. The Morgan fingerprint density at radius 1 is 0.933 bits per heavy atom. The molecule has 0 spiro atoms. The molecule has 4 N–H and O–H groups in total. The predicted octanol–water partition coefficient (Wildman–Crippen LogP) is 2.73. The van der Waals surface area contributed by atoms with Gasteiger partial charge in [0.15, 0.2) is 0 Å². The number of amides is 3. The molecule has 0 saturated carbocycles. The van der Waals surface area contributed by atoms with E-state index in [1.165, 1.54) is 6.92 Å². The maximum Gasteiger partial charge on any atom is 0.407 e. The normalized spacial score (nSPS) is 15.9. The van der Waals surface area contributed by atoms with Gasteiger partial charge in [-0.25, -0.2) is 4.79 Å². The van der Waals surface area contributed by atoms with Crippen LogP contribution < -0.4 is 16.0 Å². The Morgan fingerprint density at radius 3 is 1.97 bits per heavy atom. The molecule has 0 heterocycles. The number of hydrogen-bond donors (Lipinski definition) is 4. The van der Waals surface area contributed by atoms with Crippen LogP contribution in [-0.2, 0) is 14.3 Å². The molecule has 3 amide bonds. The van der Waals surface area contributed by atoms with Crippen LogP contribution in [0, 0.1) is 11.8 Å². The predicted molar refractivity (Wildman–Crippen MR) is 118 cm³/mol. The molecule has 0 aromatic rings. The summed E-state index contributed by atoms with van der Waals surface area (Å²) >= 11 is 0. The van der Waals surface area contributed by atoms with Crippen LogP contribution in [0.25, 0.3) is 0 Å². The summed E-state index contributed by atoms with van der Waals surface area (Å²) in [7, 11) is 0. The van der Waals surface area contributed by atoms with E-state index >= 15 is 0 Å². The average Bonchev–Trinajstić information content (AvgIpc) is 2.50. The van der Waals surface area contributed by atoms with Crippen molar-refractivity contribution in [1.29, 1.82) is 0 Å². The fourth-order valence-electron chi connectivity index (χ4n) is 2.83. The van der Waals surface area contributed by atoms with Gasteiger partial charge in [0.1, 0.15) is 11.6 Å². The number of ether oxygens (including phenoxy) is 1. The summed E-state index contributed by atoms with van der Waals surface area (Å²) in [6, 6.07) is -1.41. The molecular formula is C22H43N3O5. The van der Waals surface area contributed by atoms with Crippen LogP contribution in [0.15, 0.2) is 0 Å². The molecule has 0 bridgehead atoms. The SMILES string of the molecule is CC(C)CCNC(=O)[C@H](C)NC(=O)C[C@@](C)(O)[C@H](CC(C)C)NC(=O)OC(C)(C)C. The van der Waals surface area contributed by atoms with E-state index in [0.717, 1.165) is 6.42 Å². The third-order valence-electron chi connectivity index (χ3n) is 4.46. The first-order valence-electron chi connectivity index (χ1n) is 10.8. The minimum absolute atomic E-state index is 0.171. The maximum absolute atomic E-state index is 12.5. The molecule has 8 heteroatoms. The zero-order chi connectivity index (χ0) is 23.7. The Bertz CT molecular complexity index is 568. The molecule has 0 radical (unpaired) electrons. The van der Waals surface area contributed by atoms with E-state index in [4.69, 9.17) is 4.74 Å². The molecule has 8 nitrogen and oxygen atoms in total. The summed E-state index contributed by atoms with van der Waals surface area (Å²) < 4.78 is 5.29. The summed E-state index contributed by atoms with van der Waals surface area (Å²) in [6.07, 6.45) is 0.412. The molecule has 0 unspecified atom stereocenters. The number of nitrogens with one attached hydrogen (secondary N) is 3.